The van der Waals surface area contributed by atoms with E-state index in [1.165, 1.54) is 0 Å². The zero-order valence-electron chi connectivity index (χ0n) is 10.4. The van der Waals surface area contributed by atoms with Crippen molar-refractivity contribution in [1.29, 1.82) is 0 Å². The van der Waals surface area contributed by atoms with Crippen LogP contribution in [0, 0.1) is 0 Å². The van der Waals surface area contributed by atoms with Gasteiger partial charge in [-0.1, -0.05) is 46.6 Å². The van der Waals surface area contributed by atoms with Crippen molar-refractivity contribution in [2.24, 2.45) is 10.9 Å². The van der Waals surface area contributed by atoms with Crippen LogP contribution in [-0.4, -0.2) is 11.0 Å². The Bertz CT molecular complexity index is 628. The van der Waals surface area contributed by atoms with E-state index in [9.17, 15) is 0 Å². The van der Waals surface area contributed by atoms with Crippen LogP contribution in [0.3, 0.4) is 0 Å². The maximum atomic E-state index is 8.79. The Morgan fingerprint density at radius 2 is 1.85 bits per heavy atom. The van der Waals surface area contributed by atoms with Gasteiger partial charge in [-0.15, -0.1) is 0 Å². The Kier molecular flexibility index (Phi) is 4.71. The molecule has 0 unspecified atom stereocenters. The normalized spacial score (nSPS) is 11.4. The number of benzene rings is 2. The summed E-state index contributed by atoms with van der Waals surface area (Å²) in [7, 11) is 0. The molecular formula is C14H12Cl2N2O2. The molecule has 0 aromatic heterocycles. The van der Waals surface area contributed by atoms with Crippen LogP contribution in [0.5, 0.6) is 5.75 Å². The molecule has 0 spiro atoms. The molecule has 0 saturated heterocycles. The van der Waals surface area contributed by atoms with Crippen LogP contribution in [-0.2, 0) is 6.61 Å². The number of hydrogen-bond donors (Lipinski definition) is 2. The number of nitrogens with zero attached hydrogens (tertiary/aromatic N) is 1. The van der Waals surface area contributed by atoms with E-state index in [0.717, 1.165) is 5.56 Å². The molecule has 0 saturated carbocycles. The summed E-state index contributed by atoms with van der Waals surface area (Å²) >= 11 is 11.9. The highest BCUT2D eigenvalue weighted by atomic mass is 35.5. The van der Waals surface area contributed by atoms with Crippen molar-refractivity contribution in [3.63, 3.8) is 0 Å². The number of hydrogen-bond acceptors (Lipinski definition) is 3. The summed E-state index contributed by atoms with van der Waals surface area (Å²) in [6.07, 6.45) is 0. The van der Waals surface area contributed by atoms with Crippen LogP contribution < -0.4 is 10.5 Å². The van der Waals surface area contributed by atoms with Gasteiger partial charge in [0.1, 0.15) is 12.4 Å². The minimum atomic E-state index is -0.0956. The average Bonchev–Trinajstić information content (AvgIpc) is 2.46. The van der Waals surface area contributed by atoms with Crippen molar-refractivity contribution in [3.05, 3.63) is 63.6 Å². The van der Waals surface area contributed by atoms with E-state index in [0.29, 0.717) is 28.0 Å². The van der Waals surface area contributed by atoms with E-state index < -0.39 is 0 Å². The van der Waals surface area contributed by atoms with E-state index in [4.69, 9.17) is 38.9 Å². The lowest BCUT2D eigenvalue weighted by Crippen LogP contribution is -2.15. The molecule has 4 nitrogen and oxygen atoms in total. The fraction of sp³-hybridized carbons (Fsp3) is 0.0714. The Hall–Kier alpha value is -1.91. The summed E-state index contributed by atoms with van der Waals surface area (Å²) in [5, 5.41) is 12.8. The minimum Gasteiger partial charge on any atom is -0.488 e. The maximum Gasteiger partial charge on any atom is 0.175 e. The van der Waals surface area contributed by atoms with Crippen LogP contribution >= 0.6 is 23.2 Å². The van der Waals surface area contributed by atoms with Gasteiger partial charge in [0.15, 0.2) is 5.84 Å². The molecule has 2 aromatic rings. The number of rotatable bonds is 4. The molecule has 2 aromatic carbocycles. The standard InChI is InChI=1S/C14H12Cl2N2O2/c15-10-6-4-9(5-7-10)8-20-12-3-1-2-11(16)13(12)14(17)18-19/h1-7,19H,8H2,(H2,17,18). The highest BCUT2D eigenvalue weighted by molar-refractivity contribution is 6.34. The second-order valence-electron chi connectivity index (χ2n) is 4.01. The summed E-state index contributed by atoms with van der Waals surface area (Å²) in [6, 6.07) is 12.4. The SMILES string of the molecule is NC(=NO)c1c(Cl)cccc1OCc1ccc(Cl)cc1. The Balaban J connectivity index is 2.21. The van der Waals surface area contributed by atoms with Gasteiger partial charge in [-0.25, -0.2) is 0 Å². The fourth-order valence-corrected chi connectivity index (χ4v) is 2.05. The van der Waals surface area contributed by atoms with Crippen molar-refractivity contribution in [3.8, 4) is 5.75 Å². The Morgan fingerprint density at radius 1 is 1.15 bits per heavy atom. The first kappa shape index (κ1) is 14.5. The van der Waals surface area contributed by atoms with Gasteiger partial charge in [0.05, 0.1) is 10.6 Å². The molecule has 3 N–H and O–H groups in total. The molecule has 2 rings (SSSR count). The Morgan fingerprint density at radius 3 is 2.50 bits per heavy atom. The third-order valence-electron chi connectivity index (χ3n) is 2.65. The van der Waals surface area contributed by atoms with E-state index in [1.54, 1.807) is 30.3 Å². The van der Waals surface area contributed by atoms with Crippen LogP contribution in [0.15, 0.2) is 47.6 Å². The van der Waals surface area contributed by atoms with Gasteiger partial charge in [0.25, 0.3) is 0 Å². The topological polar surface area (TPSA) is 67.8 Å². The number of halogens is 2. The largest absolute Gasteiger partial charge is 0.488 e. The first-order chi connectivity index (χ1) is 9.61. The van der Waals surface area contributed by atoms with Gasteiger partial charge in [-0.2, -0.15) is 0 Å². The molecule has 104 valence electrons. The average molecular weight is 311 g/mol. The number of nitrogens with two attached hydrogens (primary N) is 1. The molecule has 20 heavy (non-hydrogen) atoms. The van der Waals surface area contributed by atoms with E-state index >= 15 is 0 Å². The molecule has 0 heterocycles. The number of ether oxygens (including phenoxy) is 1. The van der Waals surface area contributed by atoms with Crippen molar-refractivity contribution in [2.75, 3.05) is 0 Å². The van der Waals surface area contributed by atoms with E-state index in [2.05, 4.69) is 5.16 Å². The van der Waals surface area contributed by atoms with Gasteiger partial charge in [0, 0.05) is 5.02 Å². The first-order valence-electron chi connectivity index (χ1n) is 5.75. The lowest BCUT2D eigenvalue weighted by Gasteiger charge is -2.12. The van der Waals surface area contributed by atoms with Crippen molar-refractivity contribution in [1.82, 2.24) is 0 Å². The third-order valence-corrected chi connectivity index (χ3v) is 3.21. The van der Waals surface area contributed by atoms with Gasteiger partial charge in [-0.05, 0) is 29.8 Å². The minimum absolute atomic E-state index is 0.0956. The molecule has 0 aliphatic heterocycles. The molecule has 0 aliphatic rings. The van der Waals surface area contributed by atoms with Crippen LogP contribution in [0.4, 0.5) is 0 Å². The molecule has 0 aliphatic carbocycles. The van der Waals surface area contributed by atoms with Gasteiger partial charge in [-0.3, -0.25) is 0 Å². The van der Waals surface area contributed by atoms with Gasteiger partial charge in [0.2, 0.25) is 0 Å². The molecule has 0 atom stereocenters. The molecule has 0 amide bonds. The quantitative estimate of drug-likeness (QED) is 0.392. The van der Waals surface area contributed by atoms with Crippen molar-refractivity contribution >= 4 is 29.0 Å². The van der Waals surface area contributed by atoms with E-state index in [-0.39, 0.29) is 5.84 Å². The monoisotopic (exact) mass is 310 g/mol. The maximum absolute atomic E-state index is 8.79. The number of oxime groups is 1. The van der Waals surface area contributed by atoms with E-state index in [1.807, 2.05) is 12.1 Å². The van der Waals surface area contributed by atoms with Crippen LogP contribution in [0.1, 0.15) is 11.1 Å². The second kappa shape index (κ2) is 6.50. The highest BCUT2D eigenvalue weighted by Gasteiger charge is 2.12. The summed E-state index contributed by atoms with van der Waals surface area (Å²) in [5.41, 5.74) is 6.91. The summed E-state index contributed by atoms with van der Waals surface area (Å²) in [4.78, 5) is 0. The summed E-state index contributed by atoms with van der Waals surface area (Å²) in [6.45, 7) is 0.323. The first-order valence-corrected chi connectivity index (χ1v) is 6.51. The summed E-state index contributed by atoms with van der Waals surface area (Å²) in [5.74, 6) is 0.351. The van der Waals surface area contributed by atoms with Gasteiger partial charge < -0.3 is 15.7 Å². The third kappa shape index (κ3) is 3.35. The molecule has 0 bridgehead atoms. The predicted molar refractivity (Wildman–Crippen MR) is 79.7 cm³/mol. The van der Waals surface area contributed by atoms with Crippen molar-refractivity contribution in [2.45, 2.75) is 6.61 Å². The smallest absolute Gasteiger partial charge is 0.175 e. The number of amidine groups is 1. The molecule has 0 radical (unpaired) electrons. The van der Waals surface area contributed by atoms with Crippen LogP contribution in [0.2, 0.25) is 10.0 Å². The van der Waals surface area contributed by atoms with Gasteiger partial charge >= 0.3 is 0 Å². The lowest BCUT2D eigenvalue weighted by molar-refractivity contribution is 0.303. The molecule has 0 fully saturated rings. The fourth-order valence-electron chi connectivity index (χ4n) is 1.66. The highest BCUT2D eigenvalue weighted by Crippen LogP contribution is 2.27. The zero-order valence-corrected chi connectivity index (χ0v) is 11.9. The zero-order chi connectivity index (χ0) is 14.5. The lowest BCUT2D eigenvalue weighted by atomic mass is 10.2. The van der Waals surface area contributed by atoms with Crippen LogP contribution in [0.25, 0.3) is 0 Å². The summed E-state index contributed by atoms with van der Waals surface area (Å²) < 4.78 is 5.67. The molecular weight excluding hydrogens is 299 g/mol. The molecule has 6 heteroatoms. The predicted octanol–water partition coefficient (Wildman–Crippen LogP) is 3.67. The second-order valence-corrected chi connectivity index (χ2v) is 4.86. The Labute approximate surface area is 126 Å². The van der Waals surface area contributed by atoms with Crippen molar-refractivity contribution < 1.29 is 9.94 Å².